The molecule has 3 N–H and O–H groups in total. The third-order valence-corrected chi connectivity index (χ3v) is 9.37. The molecule has 2 bridgehead atoms. The number of fused-ring (bicyclic) bond motifs is 1. The highest BCUT2D eigenvalue weighted by Crippen LogP contribution is 2.60. The van der Waals surface area contributed by atoms with Crippen molar-refractivity contribution in [1.82, 2.24) is 4.90 Å². The number of para-hydroxylation sites is 1. The number of rotatable bonds is 8. The average molecular weight is 605 g/mol. The van der Waals surface area contributed by atoms with Gasteiger partial charge in [-0.1, -0.05) is 66.0 Å². The number of nitrogens with one attached hydrogen (secondary N) is 2. The van der Waals surface area contributed by atoms with Crippen molar-refractivity contribution in [3.8, 4) is 0 Å². The van der Waals surface area contributed by atoms with Crippen molar-refractivity contribution in [2.75, 3.05) is 17.2 Å². The molecule has 10 heteroatoms. The molecule has 0 aliphatic carbocycles. The number of hydrogen-bond acceptors (Lipinski definition) is 5. The summed E-state index contributed by atoms with van der Waals surface area (Å²) in [5.41, 5.74) is -0.0731. The standard InChI is InChI=1S/C28H31BrClN3O5/c1-3-15(2)20(14-34)33-24(26(36)32-18-11-9-16(30)10-12-18)28-13-19(29)23(38-28)21(22(28)27(33)37)25(35)31-17-7-5-4-6-8-17/h4-12,15,19-24,34H,3,13-14H2,1-2H3,(H,31,35)(H,32,36)/t15-,19?,20-,21+,22-,23+,24?,28?/m0/s1. The van der Waals surface area contributed by atoms with Crippen LogP contribution in [0.1, 0.15) is 26.7 Å². The fraction of sp³-hybridized carbons (Fsp3) is 0.464. The van der Waals surface area contributed by atoms with Gasteiger partial charge in [0.15, 0.2) is 0 Å². The summed E-state index contributed by atoms with van der Waals surface area (Å²) >= 11 is 9.69. The Morgan fingerprint density at radius 3 is 2.39 bits per heavy atom. The molecule has 3 amide bonds. The molecule has 5 rings (SSSR count). The molecule has 3 unspecified atom stereocenters. The van der Waals surface area contributed by atoms with Gasteiger partial charge in [0.1, 0.15) is 11.6 Å². The van der Waals surface area contributed by atoms with Gasteiger partial charge in [0.2, 0.25) is 17.7 Å². The lowest BCUT2D eigenvalue weighted by atomic mass is 9.70. The topological polar surface area (TPSA) is 108 Å². The zero-order chi connectivity index (χ0) is 27.2. The third kappa shape index (κ3) is 4.43. The second-order valence-electron chi connectivity index (χ2n) is 10.4. The summed E-state index contributed by atoms with van der Waals surface area (Å²) in [5.74, 6) is -2.82. The van der Waals surface area contributed by atoms with Gasteiger partial charge < -0.3 is 25.4 Å². The highest BCUT2D eigenvalue weighted by atomic mass is 79.9. The van der Waals surface area contributed by atoms with Crippen molar-refractivity contribution in [2.45, 2.75) is 55.3 Å². The lowest BCUT2D eigenvalue weighted by Gasteiger charge is -2.38. The Labute approximate surface area is 235 Å². The number of ether oxygens (including phenoxy) is 1. The van der Waals surface area contributed by atoms with E-state index in [0.717, 1.165) is 0 Å². The molecule has 0 radical (unpaired) electrons. The number of alkyl halides is 1. The lowest BCUT2D eigenvalue weighted by Crippen LogP contribution is -2.57. The largest absolute Gasteiger partial charge is 0.394 e. The SMILES string of the molecule is CC[C@H](C)[C@H](CO)N1C(=O)[C@@H]2[C@@H](C(=O)Nc3ccccc3)[C@@H]3OC2(CC3Br)C1C(=O)Nc1ccc(Cl)cc1. The number of carbonyl (C=O) groups is 3. The van der Waals surface area contributed by atoms with Crippen LogP contribution in [0.15, 0.2) is 54.6 Å². The third-order valence-electron chi connectivity index (χ3n) is 8.28. The molecule has 3 fully saturated rings. The fourth-order valence-corrected chi connectivity index (χ4v) is 7.40. The molecule has 8 nitrogen and oxygen atoms in total. The van der Waals surface area contributed by atoms with E-state index in [4.69, 9.17) is 16.3 Å². The molecule has 3 saturated heterocycles. The van der Waals surface area contributed by atoms with Gasteiger partial charge in [-0.2, -0.15) is 0 Å². The van der Waals surface area contributed by atoms with E-state index in [1.165, 1.54) is 4.90 Å². The summed E-state index contributed by atoms with van der Waals surface area (Å²) in [6, 6.07) is 14.1. The number of carbonyl (C=O) groups excluding carboxylic acids is 3. The minimum Gasteiger partial charge on any atom is -0.394 e. The van der Waals surface area contributed by atoms with Crippen molar-refractivity contribution >= 4 is 56.6 Å². The molecule has 202 valence electrons. The van der Waals surface area contributed by atoms with E-state index in [2.05, 4.69) is 26.6 Å². The number of benzene rings is 2. The number of likely N-dealkylation sites (tertiary alicyclic amines) is 1. The maximum atomic E-state index is 14.2. The monoisotopic (exact) mass is 603 g/mol. The Bertz CT molecular complexity index is 1210. The van der Waals surface area contributed by atoms with Gasteiger partial charge in [-0.3, -0.25) is 14.4 Å². The number of hydrogen-bond donors (Lipinski definition) is 3. The minimum absolute atomic E-state index is 0.0847. The molecule has 3 heterocycles. The molecule has 0 aromatic heterocycles. The predicted molar refractivity (Wildman–Crippen MR) is 148 cm³/mol. The number of aliphatic hydroxyl groups excluding tert-OH is 1. The summed E-state index contributed by atoms with van der Waals surface area (Å²) < 4.78 is 6.53. The Morgan fingerprint density at radius 1 is 1.13 bits per heavy atom. The van der Waals surface area contributed by atoms with Crippen molar-refractivity contribution in [1.29, 1.82) is 0 Å². The number of nitrogens with zero attached hydrogens (tertiary/aromatic N) is 1. The van der Waals surface area contributed by atoms with Crippen LogP contribution in [0.4, 0.5) is 11.4 Å². The molecule has 0 saturated carbocycles. The zero-order valence-electron chi connectivity index (χ0n) is 21.1. The smallest absolute Gasteiger partial charge is 0.250 e. The van der Waals surface area contributed by atoms with Gasteiger partial charge in [0.05, 0.1) is 30.6 Å². The first-order valence-electron chi connectivity index (χ1n) is 12.9. The molecule has 3 aliphatic rings. The summed E-state index contributed by atoms with van der Waals surface area (Å²) in [7, 11) is 0. The average Bonchev–Trinajstić information content (AvgIpc) is 3.50. The van der Waals surface area contributed by atoms with Crippen LogP contribution < -0.4 is 10.6 Å². The van der Waals surface area contributed by atoms with Crippen molar-refractivity contribution in [3.05, 3.63) is 59.6 Å². The van der Waals surface area contributed by atoms with Crippen LogP contribution in [0.3, 0.4) is 0 Å². The van der Waals surface area contributed by atoms with Gasteiger partial charge in [0.25, 0.3) is 0 Å². The van der Waals surface area contributed by atoms with Crippen LogP contribution in [0.25, 0.3) is 0 Å². The number of halogens is 2. The zero-order valence-corrected chi connectivity index (χ0v) is 23.5. The maximum absolute atomic E-state index is 14.2. The van der Waals surface area contributed by atoms with E-state index in [1.807, 2.05) is 32.0 Å². The second kappa shape index (κ2) is 10.6. The summed E-state index contributed by atoms with van der Waals surface area (Å²) in [6.07, 6.45) is 0.509. The quantitative estimate of drug-likeness (QED) is 0.394. The molecular formula is C28H31BrClN3O5. The van der Waals surface area contributed by atoms with Gasteiger partial charge in [0, 0.05) is 21.2 Å². The van der Waals surface area contributed by atoms with Crippen molar-refractivity contribution < 1.29 is 24.2 Å². The first kappa shape index (κ1) is 27.1. The molecule has 3 aliphatic heterocycles. The predicted octanol–water partition coefficient (Wildman–Crippen LogP) is 4.07. The lowest BCUT2D eigenvalue weighted by molar-refractivity contribution is -0.144. The Kier molecular flexibility index (Phi) is 7.57. The van der Waals surface area contributed by atoms with Crippen LogP contribution in [0.2, 0.25) is 5.02 Å². The van der Waals surface area contributed by atoms with Crippen molar-refractivity contribution in [3.63, 3.8) is 0 Å². The fourth-order valence-electron chi connectivity index (χ4n) is 6.33. The highest BCUT2D eigenvalue weighted by molar-refractivity contribution is 9.09. The van der Waals surface area contributed by atoms with Gasteiger partial charge in [-0.25, -0.2) is 0 Å². The van der Waals surface area contributed by atoms with Crippen LogP contribution in [0, 0.1) is 17.8 Å². The van der Waals surface area contributed by atoms with E-state index >= 15 is 0 Å². The molecule has 8 atom stereocenters. The maximum Gasteiger partial charge on any atom is 0.250 e. The van der Waals surface area contributed by atoms with Crippen LogP contribution in [0.5, 0.6) is 0 Å². The van der Waals surface area contributed by atoms with Crippen LogP contribution >= 0.6 is 27.5 Å². The Balaban J connectivity index is 1.54. The Morgan fingerprint density at radius 2 is 1.76 bits per heavy atom. The molecule has 2 aromatic carbocycles. The number of anilines is 2. The van der Waals surface area contributed by atoms with E-state index in [-0.39, 0.29) is 29.2 Å². The first-order valence-corrected chi connectivity index (χ1v) is 14.2. The summed E-state index contributed by atoms with van der Waals surface area (Å²) in [5, 5.41) is 16.8. The Hall–Kier alpha value is -2.46. The number of amides is 3. The van der Waals surface area contributed by atoms with E-state index in [0.29, 0.717) is 29.2 Å². The first-order chi connectivity index (χ1) is 18.2. The van der Waals surface area contributed by atoms with Crippen molar-refractivity contribution in [2.24, 2.45) is 17.8 Å². The molecule has 1 spiro atoms. The van der Waals surface area contributed by atoms with E-state index in [9.17, 15) is 19.5 Å². The van der Waals surface area contributed by atoms with Crippen LogP contribution in [-0.4, -0.2) is 63.0 Å². The second-order valence-corrected chi connectivity index (χ2v) is 12.0. The number of aliphatic hydroxyl groups is 1. The highest BCUT2D eigenvalue weighted by Gasteiger charge is 2.77. The van der Waals surface area contributed by atoms with E-state index in [1.54, 1.807) is 36.4 Å². The van der Waals surface area contributed by atoms with Gasteiger partial charge >= 0.3 is 0 Å². The summed E-state index contributed by atoms with van der Waals surface area (Å²) in [4.78, 5) is 43.1. The summed E-state index contributed by atoms with van der Waals surface area (Å²) in [6.45, 7) is 3.61. The normalized spacial score (nSPS) is 31.1. The molecule has 2 aromatic rings. The molecule has 38 heavy (non-hydrogen) atoms. The van der Waals surface area contributed by atoms with Gasteiger partial charge in [-0.05, 0) is 48.7 Å². The van der Waals surface area contributed by atoms with Crippen LogP contribution in [-0.2, 0) is 19.1 Å². The van der Waals surface area contributed by atoms with Gasteiger partial charge in [-0.15, -0.1) is 0 Å². The molecular weight excluding hydrogens is 574 g/mol. The minimum atomic E-state index is -1.22. The van der Waals surface area contributed by atoms with E-state index < -0.39 is 41.5 Å².